The Labute approximate surface area is 127 Å². The summed E-state index contributed by atoms with van der Waals surface area (Å²) >= 11 is 1.62. The van der Waals surface area contributed by atoms with Gasteiger partial charge < -0.3 is 9.64 Å². The van der Waals surface area contributed by atoms with Crippen molar-refractivity contribution in [3.63, 3.8) is 0 Å². The molecule has 2 heterocycles. The minimum absolute atomic E-state index is 0.0575. The molecule has 1 aromatic carbocycles. The fraction of sp³-hybridized carbons (Fsp3) is 0.375. The molecule has 4 nitrogen and oxygen atoms in total. The number of hydrogen-bond acceptors (Lipinski definition) is 4. The second-order valence-electron chi connectivity index (χ2n) is 5.21. The molecule has 0 radical (unpaired) electrons. The number of hydrogen-bond donors (Lipinski definition) is 0. The fourth-order valence-electron chi connectivity index (χ4n) is 2.97. The summed E-state index contributed by atoms with van der Waals surface area (Å²) < 4.78 is 5.92. The van der Waals surface area contributed by atoms with Gasteiger partial charge in [0.15, 0.2) is 0 Å². The van der Waals surface area contributed by atoms with Crippen LogP contribution in [0.4, 0.5) is 0 Å². The Bertz CT molecular complexity index is 707. The van der Waals surface area contributed by atoms with Gasteiger partial charge in [-0.3, -0.25) is 4.79 Å². The van der Waals surface area contributed by atoms with Gasteiger partial charge in [0.25, 0.3) is 5.91 Å². The van der Waals surface area contributed by atoms with Crippen LogP contribution in [0, 0.1) is 6.92 Å². The van der Waals surface area contributed by atoms with Crippen molar-refractivity contribution in [3.05, 3.63) is 34.7 Å². The highest BCUT2D eigenvalue weighted by atomic mass is 32.1. The van der Waals surface area contributed by atoms with Crippen molar-refractivity contribution in [2.24, 2.45) is 0 Å². The van der Waals surface area contributed by atoms with Crippen molar-refractivity contribution in [1.82, 2.24) is 4.90 Å². The molecule has 0 unspecified atom stereocenters. The normalized spacial score (nSPS) is 18.2. The van der Waals surface area contributed by atoms with Crippen molar-refractivity contribution in [3.8, 4) is 0 Å². The van der Waals surface area contributed by atoms with Crippen LogP contribution in [0.2, 0.25) is 0 Å². The third-order valence-electron chi connectivity index (χ3n) is 3.97. The Hall–Kier alpha value is -1.88. The van der Waals surface area contributed by atoms with E-state index in [1.165, 1.54) is 7.11 Å². The molecule has 1 aliphatic rings. The molecular weight excluding hydrogens is 286 g/mol. The maximum atomic E-state index is 12.9. The lowest BCUT2D eigenvalue weighted by molar-refractivity contribution is -0.145. The maximum Gasteiger partial charge on any atom is 0.328 e. The Morgan fingerprint density at radius 1 is 1.33 bits per heavy atom. The lowest BCUT2D eigenvalue weighted by Gasteiger charge is -2.22. The van der Waals surface area contributed by atoms with Gasteiger partial charge in [-0.25, -0.2) is 4.79 Å². The lowest BCUT2D eigenvalue weighted by Crippen LogP contribution is -2.41. The van der Waals surface area contributed by atoms with E-state index >= 15 is 0 Å². The van der Waals surface area contributed by atoms with E-state index in [1.54, 1.807) is 16.2 Å². The molecule has 0 N–H and O–H groups in total. The number of fused-ring (bicyclic) bond motifs is 1. The Morgan fingerprint density at radius 3 is 2.86 bits per heavy atom. The number of thiophene rings is 1. The van der Waals surface area contributed by atoms with Crippen molar-refractivity contribution < 1.29 is 14.3 Å². The van der Waals surface area contributed by atoms with E-state index < -0.39 is 6.04 Å². The molecule has 1 fully saturated rings. The molecule has 21 heavy (non-hydrogen) atoms. The molecule has 2 aromatic rings. The second-order valence-corrected chi connectivity index (χ2v) is 6.47. The lowest BCUT2D eigenvalue weighted by atomic mass is 10.1. The van der Waals surface area contributed by atoms with Gasteiger partial charge in [0, 0.05) is 21.5 Å². The minimum Gasteiger partial charge on any atom is -0.467 e. The molecule has 1 aromatic heterocycles. The SMILES string of the molecule is COC(=O)[C@@H]1CCCN1C(=O)c1c(C)sc2ccccc12. The van der Waals surface area contributed by atoms with Gasteiger partial charge in [0.05, 0.1) is 12.7 Å². The zero-order valence-corrected chi connectivity index (χ0v) is 12.9. The summed E-state index contributed by atoms with van der Waals surface area (Å²) in [6.07, 6.45) is 1.52. The molecule has 1 amide bonds. The number of methoxy groups -OCH3 is 1. The number of nitrogens with zero attached hydrogens (tertiary/aromatic N) is 1. The van der Waals surface area contributed by atoms with E-state index in [0.717, 1.165) is 26.9 Å². The predicted molar refractivity (Wildman–Crippen MR) is 82.6 cm³/mol. The summed E-state index contributed by atoms with van der Waals surface area (Å²) in [7, 11) is 1.37. The van der Waals surface area contributed by atoms with Crippen LogP contribution in [0.1, 0.15) is 28.1 Å². The molecule has 0 aliphatic carbocycles. The number of aryl methyl sites for hydroxylation is 1. The van der Waals surface area contributed by atoms with Crippen LogP contribution in [-0.4, -0.2) is 36.5 Å². The van der Waals surface area contributed by atoms with Crippen LogP contribution in [-0.2, 0) is 9.53 Å². The van der Waals surface area contributed by atoms with Crippen LogP contribution < -0.4 is 0 Å². The first-order chi connectivity index (χ1) is 10.1. The zero-order valence-electron chi connectivity index (χ0n) is 12.1. The first kappa shape index (κ1) is 14.1. The number of carbonyl (C=O) groups excluding carboxylic acids is 2. The summed E-state index contributed by atoms with van der Waals surface area (Å²) in [5.74, 6) is -0.379. The van der Waals surface area contributed by atoms with Gasteiger partial charge in [-0.15, -0.1) is 11.3 Å². The van der Waals surface area contributed by atoms with E-state index in [2.05, 4.69) is 0 Å². The van der Waals surface area contributed by atoms with Crippen LogP contribution in [0.5, 0.6) is 0 Å². The van der Waals surface area contributed by atoms with Gasteiger partial charge in [-0.05, 0) is 25.8 Å². The summed E-state index contributed by atoms with van der Waals surface area (Å²) in [4.78, 5) is 27.4. The molecule has 1 saturated heterocycles. The molecule has 0 bridgehead atoms. The zero-order chi connectivity index (χ0) is 15.0. The van der Waals surface area contributed by atoms with Gasteiger partial charge in [0.2, 0.25) is 0 Å². The molecular formula is C16H17NO3S. The number of carbonyl (C=O) groups is 2. The first-order valence-corrected chi connectivity index (χ1v) is 7.82. The van der Waals surface area contributed by atoms with Crippen molar-refractivity contribution in [1.29, 1.82) is 0 Å². The van der Waals surface area contributed by atoms with E-state index in [4.69, 9.17) is 4.74 Å². The highest BCUT2D eigenvalue weighted by molar-refractivity contribution is 7.19. The third-order valence-corrected chi connectivity index (χ3v) is 5.06. The van der Waals surface area contributed by atoms with Gasteiger partial charge >= 0.3 is 5.97 Å². The Morgan fingerprint density at radius 2 is 2.10 bits per heavy atom. The summed E-state index contributed by atoms with van der Waals surface area (Å²) in [5, 5.41) is 0.973. The van der Waals surface area contributed by atoms with E-state index in [1.807, 2.05) is 31.2 Å². The van der Waals surface area contributed by atoms with Crippen molar-refractivity contribution in [2.75, 3.05) is 13.7 Å². The van der Waals surface area contributed by atoms with E-state index in [9.17, 15) is 9.59 Å². The largest absolute Gasteiger partial charge is 0.467 e. The van der Waals surface area contributed by atoms with Crippen LogP contribution >= 0.6 is 11.3 Å². The smallest absolute Gasteiger partial charge is 0.328 e. The number of likely N-dealkylation sites (tertiary alicyclic amines) is 1. The first-order valence-electron chi connectivity index (χ1n) is 7.00. The highest BCUT2D eigenvalue weighted by Gasteiger charge is 2.36. The van der Waals surface area contributed by atoms with Crippen molar-refractivity contribution >= 4 is 33.3 Å². The van der Waals surface area contributed by atoms with Crippen LogP contribution in [0.3, 0.4) is 0 Å². The molecule has 1 atom stereocenters. The number of ether oxygens (including phenoxy) is 1. The van der Waals surface area contributed by atoms with Gasteiger partial charge in [-0.1, -0.05) is 18.2 Å². The van der Waals surface area contributed by atoms with E-state index in [0.29, 0.717) is 13.0 Å². The molecule has 0 saturated carbocycles. The number of esters is 1. The average Bonchev–Trinajstić information content (AvgIpc) is 3.09. The second kappa shape index (κ2) is 5.48. The third kappa shape index (κ3) is 2.31. The quantitative estimate of drug-likeness (QED) is 0.801. The van der Waals surface area contributed by atoms with Crippen molar-refractivity contribution in [2.45, 2.75) is 25.8 Å². The molecule has 1 aliphatic heterocycles. The fourth-order valence-corrected chi connectivity index (χ4v) is 4.02. The van der Waals surface area contributed by atoms with Crippen LogP contribution in [0.15, 0.2) is 24.3 Å². The number of rotatable bonds is 2. The topological polar surface area (TPSA) is 46.6 Å². The number of benzene rings is 1. The standard InChI is InChI=1S/C16H17NO3S/c1-10-14(11-6-3-4-8-13(11)21-10)15(18)17-9-5-7-12(17)16(19)20-2/h3-4,6,8,12H,5,7,9H2,1-2H3/t12-/m0/s1. The van der Waals surface area contributed by atoms with Gasteiger partial charge in [-0.2, -0.15) is 0 Å². The summed E-state index contributed by atoms with van der Waals surface area (Å²) in [6.45, 7) is 2.57. The van der Waals surface area contributed by atoms with Crippen LogP contribution in [0.25, 0.3) is 10.1 Å². The predicted octanol–water partition coefficient (Wildman–Crippen LogP) is 2.99. The Balaban J connectivity index is 2.00. The number of amides is 1. The minimum atomic E-state index is -0.444. The Kier molecular flexibility index (Phi) is 3.68. The summed E-state index contributed by atoms with van der Waals surface area (Å²) in [5.41, 5.74) is 0.728. The highest BCUT2D eigenvalue weighted by Crippen LogP contribution is 2.33. The maximum absolute atomic E-state index is 12.9. The molecule has 110 valence electrons. The average molecular weight is 303 g/mol. The monoisotopic (exact) mass is 303 g/mol. The van der Waals surface area contributed by atoms with Gasteiger partial charge in [0.1, 0.15) is 6.04 Å². The summed E-state index contributed by atoms with van der Waals surface area (Å²) in [6, 6.07) is 7.45. The van der Waals surface area contributed by atoms with E-state index in [-0.39, 0.29) is 11.9 Å². The molecule has 3 rings (SSSR count). The molecule has 0 spiro atoms. The molecule has 5 heteroatoms.